The monoisotopic (exact) mass is 378 g/mol. The number of ketones is 1. The Morgan fingerprint density at radius 3 is 2.28 bits per heavy atom. The number of thiophene rings is 1. The predicted octanol–water partition coefficient (Wildman–Crippen LogP) is 1.81. The third-order valence-electron chi connectivity index (χ3n) is 3.62. The van der Waals surface area contributed by atoms with Gasteiger partial charge in [-0.3, -0.25) is 19.3 Å². The fourth-order valence-electron chi connectivity index (χ4n) is 2.37. The second-order valence-electron chi connectivity index (χ2n) is 5.36. The van der Waals surface area contributed by atoms with Gasteiger partial charge in [0.1, 0.15) is 0 Å². The summed E-state index contributed by atoms with van der Waals surface area (Å²) in [6, 6.07) is 2.25. The molecule has 1 aromatic heterocycles. The third kappa shape index (κ3) is 5.02. The number of nitrogens with zero attached hydrogens (tertiary/aromatic N) is 2. The Balaban J connectivity index is 1.92. The van der Waals surface area contributed by atoms with E-state index in [1.807, 2.05) is 4.90 Å². The van der Waals surface area contributed by atoms with Crippen LogP contribution in [-0.2, 0) is 9.53 Å². The number of rotatable bonds is 5. The van der Waals surface area contributed by atoms with E-state index in [0.717, 1.165) is 6.07 Å². The van der Waals surface area contributed by atoms with Gasteiger partial charge >= 0.3 is 12.1 Å². The van der Waals surface area contributed by atoms with Crippen LogP contribution in [0.3, 0.4) is 0 Å². The van der Waals surface area contributed by atoms with E-state index < -0.39 is 22.7 Å². The molecule has 0 saturated carbocycles. The summed E-state index contributed by atoms with van der Waals surface area (Å²) in [6.45, 7) is 3.77. The number of hydrogen-bond acceptors (Lipinski definition) is 6. The first-order valence-corrected chi connectivity index (χ1v) is 8.42. The van der Waals surface area contributed by atoms with Crippen molar-refractivity contribution in [3.8, 4) is 0 Å². The van der Waals surface area contributed by atoms with Crippen LogP contribution in [-0.4, -0.2) is 73.0 Å². The van der Waals surface area contributed by atoms with Gasteiger partial charge in [0.2, 0.25) is 0 Å². The summed E-state index contributed by atoms with van der Waals surface area (Å²) in [6.07, 6.45) is -4.95. The van der Waals surface area contributed by atoms with Gasteiger partial charge in [-0.25, -0.2) is 0 Å². The number of esters is 1. The van der Waals surface area contributed by atoms with Crippen LogP contribution in [0.4, 0.5) is 13.2 Å². The number of amides is 1. The lowest BCUT2D eigenvalue weighted by molar-refractivity contribution is -0.144. The number of Topliss-reactive ketones (excluding diaryl/α,β-unsaturated/α-hetero) is 1. The summed E-state index contributed by atoms with van der Waals surface area (Å²) in [5.41, 5.74) is 0. The molecule has 0 unspecified atom stereocenters. The molecule has 138 valence electrons. The van der Waals surface area contributed by atoms with Gasteiger partial charge in [0.25, 0.3) is 11.7 Å². The van der Waals surface area contributed by atoms with Crippen molar-refractivity contribution < 1.29 is 32.3 Å². The number of carbonyl (C=O) groups excluding carboxylic acids is 3. The largest absolute Gasteiger partial charge is 0.465 e. The van der Waals surface area contributed by atoms with E-state index in [9.17, 15) is 27.6 Å². The summed E-state index contributed by atoms with van der Waals surface area (Å²) in [5, 5.41) is 0. The molecular formula is C15H17F3N2O4S. The van der Waals surface area contributed by atoms with Crippen molar-refractivity contribution in [1.82, 2.24) is 9.80 Å². The molecule has 2 heterocycles. The first-order chi connectivity index (χ1) is 11.7. The highest BCUT2D eigenvalue weighted by Crippen LogP contribution is 2.27. The van der Waals surface area contributed by atoms with Gasteiger partial charge in [0.15, 0.2) is 0 Å². The molecule has 0 bridgehead atoms. The Morgan fingerprint density at radius 1 is 1.12 bits per heavy atom. The summed E-state index contributed by atoms with van der Waals surface area (Å²) in [4.78, 5) is 37.9. The van der Waals surface area contributed by atoms with Crippen molar-refractivity contribution in [2.24, 2.45) is 0 Å². The van der Waals surface area contributed by atoms with E-state index in [1.165, 1.54) is 11.0 Å². The second kappa shape index (κ2) is 7.96. The lowest BCUT2D eigenvalue weighted by Gasteiger charge is -2.33. The van der Waals surface area contributed by atoms with Crippen molar-refractivity contribution in [3.05, 3.63) is 21.9 Å². The number of ether oxygens (including phenoxy) is 1. The van der Waals surface area contributed by atoms with E-state index in [2.05, 4.69) is 0 Å². The fourth-order valence-corrected chi connectivity index (χ4v) is 3.30. The topological polar surface area (TPSA) is 66.9 Å². The molecule has 0 N–H and O–H groups in total. The Bertz CT molecular complexity index is 651. The average molecular weight is 378 g/mol. The number of alkyl halides is 3. The molecule has 1 fully saturated rings. The Kier molecular flexibility index (Phi) is 6.17. The molecule has 0 radical (unpaired) electrons. The number of piperazine rings is 1. The van der Waals surface area contributed by atoms with Crippen LogP contribution in [0.5, 0.6) is 0 Å². The minimum absolute atomic E-state index is 0.0893. The zero-order chi connectivity index (χ0) is 18.6. The molecule has 25 heavy (non-hydrogen) atoms. The number of halogens is 3. The molecule has 6 nitrogen and oxygen atoms in total. The molecule has 2 rings (SSSR count). The van der Waals surface area contributed by atoms with Gasteiger partial charge in [-0.1, -0.05) is 0 Å². The Morgan fingerprint density at radius 2 is 1.72 bits per heavy atom. The van der Waals surface area contributed by atoms with Crippen LogP contribution in [0.25, 0.3) is 0 Å². The maximum atomic E-state index is 12.4. The predicted molar refractivity (Wildman–Crippen MR) is 83.7 cm³/mol. The summed E-state index contributed by atoms with van der Waals surface area (Å²) < 4.78 is 42.1. The van der Waals surface area contributed by atoms with Crippen LogP contribution in [0, 0.1) is 0 Å². The minimum atomic E-state index is -4.95. The van der Waals surface area contributed by atoms with Gasteiger partial charge in [0.05, 0.1) is 22.9 Å². The zero-order valence-corrected chi connectivity index (χ0v) is 14.3. The molecular weight excluding hydrogens is 361 g/mol. The number of carbonyl (C=O) groups is 3. The molecule has 1 saturated heterocycles. The number of hydrogen-bond donors (Lipinski definition) is 0. The molecule has 1 aliphatic rings. The van der Waals surface area contributed by atoms with Crippen LogP contribution in [0.15, 0.2) is 12.1 Å². The first-order valence-electron chi connectivity index (χ1n) is 7.61. The van der Waals surface area contributed by atoms with Crippen molar-refractivity contribution in [1.29, 1.82) is 0 Å². The maximum Gasteiger partial charge on any atom is 0.455 e. The zero-order valence-electron chi connectivity index (χ0n) is 13.5. The molecule has 10 heteroatoms. The quantitative estimate of drug-likeness (QED) is 0.578. The highest BCUT2D eigenvalue weighted by Gasteiger charge is 2.40. The van der Waals surface area contributed by atoms with E-state index in [-0.39, 0.29) is 17.4 Å². The van der Waals surface area contributed by atoms with Crippen molar-refractivity contribution in [3.63, 3.8) is 0 Å². The second-order valence-corrected chi connectivity index (χ2v) is 6.45. The summed E-state index contributed by atoms with van der Waals surface area (Å²) >= 11 is 0.539. The molecule has 0 atom stereocenters. The lowest BCUT2D eigenvalue weighted by atomic mass is 10.2. The van der Waals surface area contributed by atoms with Gasteiger partial charge in [-0.15, -0.1) is 11.3 Å². The molecule has 0 spiro atoms. The molecule has 1 aliphatic heterocycles. The Labute approximate surface area is 146 Å². The highest BCUT2D eigenvalue weighted by molar-refractivity contribution is 7.16. The van der Waals surface area contributed by atoms with Crippen LogP contribution in [0.2, 0.25) is 0 Å². The van der Waals surface area contributed by atoms with Crippen LogP contribution >= 0.6 is 11.3 Å². The van der Waals surface area contributed by atoms with E-state index >= 15 is 0 Å². The van der Waals surface area contributed by atoms with E-state index in [0.29, 0.717) is 44.1 Å². The minimum Gasteiger partial charge on any atom is -0.465 e. The van der Waals surface area contributed by atoms with Crippen molar-refractivity contribution in [2.45, 2.75) is 13.1 Å². The smallest absolute Gasteiger partial charge is 0.455 e. The maximum absolute atomic E-state index is 12.4. The van der Waals surface area contributed by atoms with Gasteiger partial charge in [0, 0.05) is 26.2 Å². The van der Waals surface area contributed by atoms with E-state index in [1.54, 1.807) is 6.92 Å². The van der Waals surface area contributed by atoms with Gasteiger partial charge in [-0.2, -0.15) is 13.2 Å². The molecule has 1 aromatic rings. The summed E-state index contributed by atoms with van der Waals surface area (Å²) in [5.74, 6) is -2.70. The average Bonchev–Trinajstić information content (AvgIpc) is 3.03. The van der Waals surface area contributed by atoms with Gasteiger partial charge < -0.3 is 9.64 Å². The third-order valence-corrected chi connectivity index (χ3v) is 4.69. The Hall–Kier alpha value is -1.94. The molecule has 1 amide bonds. The first kappa shape index (κ1) is 19.4. The van der Waals surface area contributed by atoms with Gasteiger partial charge in [-0.05, 0) is 19.1 Å². The summed E-state index contributed by atoms with van der Waals surface area (Å²) in [7, 11) is 0. The SMILES string of the molecule is CCOC(=O)CN1CCN(C(=O)c2ccc(C(=O)C(F)(F)F)s2)CC1. The fraction of sp³-hybridized carbons (Fsp3) is 0.533. The molecule has 0 aromatic carbocycles. The van der Waals surface area contributed by atoms with Crippen LogP contribution in [0.1, 0.15) is 26.3 Å². The van der Waals surface area contributed by atoms with E-state index in [4.69, 9.17) is 4.74 Å². The van der Waals surface area contributed by atoms with Crippen molar-refractivity contribution in [2.75, 3.05) is 39.3 Å². The van der Waals surface area contributed by atoms with Crippen molar-refractivity contribution >= 4 is 29.0 Å². The van der Waals surface area contributed by atoms with Crippen LogP contribution < -0.4 is 0 Å². The standard InChI is InChI=1S/C15H17F3N2O4S/c1-2-24-12(21)9-19-5-7-20(8-6-19)14(23)11-4-3-10(25-11)13(22)15(16,17)18/h3-4H,2,5-9H2,1H3. The molecule has 0 aliphatic carbocycles. The highest BCUT2D eigenvalue weighted by atomic mass is 32.1. The lowest BCUT2D eigenvalue weighted by Crippen LogP contribution is -2.50. The normalized spacial score (nSPS) is 15.9.